The Morgan fingerprint density at radius 3 is 2.80 bits per heavy atom. The molecule has 1 saturated heterocycles. The largest absolute Gasteiger partial charge is 0.396 e. The maximum absolute atomic E-state index is 12.6. The third-order valence-electron chi connectivity index (χ3n) is 3.62. The molecule has 0 saturated carbocycles. The molecule has 0 aromatic heterocycles. The Morgan fingerprint density at radius 2 is 2.20 bits per heavy atom. The van der Waals surface area contributed by atoms with Crippen molar-refractivity contribution in [2.24, 2.45) is 11.7 Å². The maximum Gasteiger partial charge on any atom is 0.243 e. The molecule has 7 heteroatoms. The van der Waals surface area contributed by atoms with Gasteiger partial charge in [-0.1, -0.05) is 17.7 Å². The summed E-state index contributed by atoms with van der Waals surface area (Å²) in [4.78, 5) is 0.179. The van der Waals surface area contributed by atoms with E-state index in [2.05, 4.69) is 0 Å². The number of piperidine rings is 1. The summed E-state index contributed by atoms with van der Waals surface area (Å²) in [6.45, 7) is 1.12. The first-order valence-electron chi connectivity index (χ1n) is 6.58. The van der Waals surface area contributed by atoms with Crippen LogP contribution < -0.4 is 5.73 Å². The highest BCUT2D eigenvalue weighted by atomic mass is 35.5. The fourth-order valence-corrected chi connectivity index (χ4v) is 4.30. The number of sulfonamides is 1. The van der Waals surface area contributed by atoms with Gasteiger partial charge in [-0.3, -0.25) is 0 Å². The van der Waals surface area contributed by atoms with E-state index < -0.39 is 10.0 Å². The molecule has 1 atom stereocenters. The minimum absolute atomic E-state index is 0.0114. The summed E-state index contributed by atoms with van der Waals surface area (Å²) in [7, 11) is -3.56. The van der Waals surface area contributed by atoms with Crippen LogP contribution in [0.2, 0.25) is 5.02 Å². The predicted octanol–water partition coefficient (Wildman–Crippen LogP) is 1.19. The highest BCUT2D eigenvalue weighted by Crippen LogP contribution is 2.26. The molecule has 1 unspecified atom stereocenters. The molecular weight excluding hydrogens is 300 g/mol. The van der Waals surface area contributed by atoms with Gasteiger partial charge in [0.05, 0.1) is 4.90 Å². The van der Waals surface area contributed by atoms with E-state index in [9.17, 15) is 13.5 Å². The minimum atomic E-state index is -3.56. The SMILES string of the molecule is NCc1ccc(S(=O)(=O)N2CCCC(CO)C2)cc1Cl. The average molecular weight is 319 g/mol. The monoisotopic (exact) mass is 318 g/mol. The number of aliphatic hydroxyl groups is 1. The molecule has 1 aromatic carbocycles. The summed E-state index contributed by atoms with van der Waals surface area (Å²) in [5, 5.41) is 9.57. The average Bonchev–Trinajstić information content (AvgIpc) is 2.47. The maximum atomic E-state index is 12.6. The lowest BCUT2D eigenvalue weighted by Gasteiger charge is -2.31. The van der Waals surface area contributed by atoms with E-state index in [4.69, 9.17) is 17.3 Å². The summed E-state index contributed by atoms with van der Waals surface area (Å²) in [5.41, 5.74) is 6.24. The van der Waals surface area contributed by atoms with Crippen molar-refractivity contribution in [3.8, 4) is 0 Å². The van der Waals surface area contributed by atoms with E-state index >= 15 is 0 Å². The molecule has 0 spiro atoms. The van der Waals surface area contributed by atoms with Crippen molar-refractivity contribution in [3.63, 3.8) is 0 Å². The van der Waals surface area contributed by atoms with E-state index in [0.717, 1.165) is 18.4 Å². The smallest absolute Gasteiger partial charge is 0.243 e. The van der Waals surface area contributed by atoms with Crippen molar-refractivity contribution in [2.75, 3.05) is 19.7 Å². The number of halogens is 1. The molecular formula is C13H19ClN2O3S. The van der Waals surface area contributed by atoms with Crippen molar-refractivity contribution in [3.05, 3.63) is 28.8 Å². The number of benzene rings is 1. The van der Waals surface area contributed by atoms with Crippen LogP contribution in [0.25, 0.3) is 0 Å². The first-order chi connectivity index (χ1) is 9.48. The Hall–Kier alpha value is -0.660. The van der Waals surface area contributed by atoms with Gasteiger partial charge in [0, 0.05) is 31.3 Å². The third kappa shape index (κ3) is 3.15. The van der Waals surface area contributed by atoms with E-state index in [1.54, 1.807) is 6.07 Å². The first kappa shape index (κ1) is 15.7. The van der Waals surface area contributed by atoms with Crippen LogP contribution in [0.15, 0.2) is 23.1 Å². The van der Waals surface area contributed by atoms with Crippen molar-refractivity contribution >= 4 is 21.6 Å². The van der Waals surface area contributed by atoms with Crippen LogP contribution in [-0.2, 0) is 16.6 Å². The topological polar surface area (TPSA) is 83.6 Å². The molecule has 0 bridgehead atoms. The second-order valence-electron chi connectivity index (χ2n) is 5.01. The van der Waals surface area contributed by atoms with Crippen molar-refractivity contribution in [1.82, 2.24) is 4.31 Å². The molecule has 1 heterocycles. The predicted molar refractivity (Wildman–Crippen MR) is 77.9 cm³/mol. The lowest BCUT2D eigenvalue weighted by Crippen LogP contribution is -2.40. The quantitative estimate of drug-likeness (QED) is 0.873. The number of nitrogens with zero attached hydrogens (tertiary/aromatic N) is 1. The van der Waals surface area contributed by atoms with Gasteiger partial charge in [0.15, 0.2) is 0 Å². The molecule has 1 aromatic rings. The molecule has 0 aliphatic carbocycles. The number of hydrogen-bond donors (Lipinski definition) is 2. The van der Waals surface area contributed by atoms with Crippen LogP contribution in [0.4, 0.5) is 0 Å². The molecule has 1 aliphatic rings. The Morgan fingerprint density at radius 1 is 1.45 bits per heavy atom. The van der Waals surface area contributed by atoms with E-state index in [0.29, 0.717) is 18.1 Å². The summed E-state index contributed by atoms with van der Waals surface area (Å²) in [5.74, 6) is 0.0114. The highest BCUT2D eigenvalue weighted by molar-refractivity contribution is 7.89. The fourth-order valence-electron chi connectivity index (χ4n) is 2.40. The molecule has 1 fully saturated rings. The third-order valence-corrected chi connectivity index (χ3v) is 5.84. The summed E-state index contributed by atoms with van der Waals surface area (Å²) in [6, 6.07) is 4.62. The van der Waals surface area contributed by atoms with Crippen LogP contribution in [0.5, 0.6) is 0 Å². The number of hydrogen-bond acceptors (Lipinski definition) is 4. The van der Waals surface area contributed by atoms with Gasteiger partial charge in [-0.05, 0) is 36.5 Å². The summed E-state index contributed by atoms with van der Waals surface area (Å²) >= 11 is 6.03. The summed E-state index contributed by atoms with van der Waals surface area (Å²) in [6.07, 6.45) is 1.62. The normalized spacial score (nSPS) is 21.1. The van der Waals surface area contributed by atoms with Gasteiger partial charge < -0.3 is 10.8 Å². The molecule has 1 aliphatic heterocycles. The molecule has 0 amide bonds. The van der Waals surface area contributed by atoms with Crippen molar-refractivity contribution in [1.29, 1.82) is 0 Å². The van der Waals surface area contributed by atoms with Gasteiger partial charge in [0.25, 0.3) is 0 Å². The van der Waals surface area contributed by atoms with Crippen LogP contribution in [0.3, 0.4) is 0 Å². The molecule has 3 N–H and O–H groups in total. The van der Waals surface area contributed by atoms with Gasteiger partial charge in [0.2, 0.25) is 10.0 Å². The van der Waals surface area contributed by atoms with Gasteiger partial charge >= 0.3 is 0 Å². The first-order valence-corrected chi connectivity index (χ1v) is 8.40. The summed E-state index contributed by atoms with van der Waals surface area (Å²) < 4.78 is 26.5. The van der Waals surface area contributed by atoms with Gasteiger partial charge in [0.1, 0.15) is 0 Å². The number of nitrogens with two attached hydrogens (primary N) is 1. The minimum Gasteiger partial charge on any atom is -0.396 e. The standard InChI is InChI=1S/C13H19ClN2O3S/c14-13-6-12(4-3-11(13)7-15)20(18,19)16-5-1-2-10(8-16)9-17/h3-4,6,10,17H,1-2,5,7-9,15H2. The van der Waals surface area contributed by atoms with Crippen LogP contribution in [0, 0.1) is 5.92 Å². The lowest BCUT2D eigenvalue weighted by atomic mass is 10.0. The van der Waals surface area contributed by atoms with Crippen molar-refractivity contribution < 1.29 is 13.5 Å². The van der Waals surface area contributed by atoms with E-state index in [1.165, 1.54) is 16.4 Å². The van der Waals surface area contributed by atoms with Gasteiger partial charge in [-0.2, -0.15) is 4.31 Å². The molecule has 2 rings (SSSR count). The zero-order valence-corrected chi connectivity index (χ0v) is 12.7. The number of aliphatic hydroxyl groups excluding tert-OH is 1. The Balaban J connectivity index is 2.28. The Labute approximate surface area is 124 Å². The van der Waals surface area contributed by atoms with Gasteiger partial charge in [-0.25, -0.2) is 8.42 Å². The van der Waals surface area contributed by atoms with Gasteiger partial charge in [-0.15, -0.1) is 0 Å². The van der Waals surface area contributed by atoms with Crippen molar-refractivity contribution in [2.45, 2.75) is 24.3 Å². The molecule has 0 radical (unpaired) electrons. The van der Waals surface area contributed by atoms with E-state index in [1.807, 2.05) is 0 Å². The Kier molecular flexibility index (Phi) is 5.04. The second-order valence-corrected chi connectivity index (χ2v) is 7.36. The lowest BCUT2D eigenvalue weighted by molar-refractivity contribution is 0.165. The van der Waals surface area contributed by atoms with Crippen LogP contribution in [0.1, 0.15) is 18.4 Å². The second kappa shape index (κ2) is 6.41. The highest BCUT2D eigenvalue weighted by Gasteiger charge is 2.30. The van der Waals surface area contributed by atoms with Crippen LogP contribution >= 0.6 is 11.6 Å². The molecule has 5 nitrogen and oxygen atoms in total. The molecule has 112 valence electrons. The number of rotatable bonds is 4. The fraction of sp³-hybridized carbons (Fsp3) is 0.538. The molecule has 20 heavy (non-hydrogen) atoms. The zero-order valence-electron chi connectivity index (χ0n) is 11.1. The van der Waals surface area contributed by atoms with Crippen LogP contribution in [-0.4, -0.2) is 37.5 Å². The van der Waals surface area contributed by atoms with E-state index in [-0.39, 0.29) is 24.0 Å². The Bertz CT molecular complexity index is 577. The zero-order chi connectivity index (χ0) is 14.8.